The fraction of sp³-hybridized carbons (Fsp3) is 0.364. The second-order valence-electron chi connectivity index (χ2n) is 4.16. The molecule has 1 aromatic rings. The van der Waals surface area contributed by atoms with E-state index >= 15 is 0 Å². The van der Waals surface area contributed by atoms with Crippen molar-refractivity contribution in [3.05, 3.63) is 29.6 Å². The molecule has 1 N–H and O–H groups in total. The van der Waals surface area contributed by atoms with Gasteiger partial charge in [-0.3, -0.25) is 4.79 Å². The van der Waals surface area contributed by atoms with Gasteiger partial charge in [0, 0.05) is 13.1 Å². The topological polar surface area (TPSA) is 105 Å². The summed E-state index contributed by atoms with van der Waals surface area (Å²) in [4.78, 5) is 27.9. The summed E-state index contributed by atoms with van der Waals surface area (Å²) < 4.78 is 22.5. The Morgan fingerprint density at radius 2 is 1.74 bits per heavy atom. The minimum atomic E-state index is -3.06. The van der Waals surface area contributed by atoms with Crippen molar-refractivity contribution < 1.29 is 23.1 Å². The Morgan fingerprint density at radius 1 is 1.16 bits per heavy atom. The Kier molecular flexibility index (Phi) is 3.52. The number of carbonyl (C=O) groups is 2. The SMILES string of the molecule is O=C(O)c1cccc(C(=O)N2CCS(=O)(=O)CC2)n1. The molecule has 0 radical (unpaired) electrons. The van der Waals surface area contributed by atoms with Crippen molar-refractivity contribution in [2.24, 2.45) is 0 Å². The number of aromatic nitrogens is 1. The van der Waals surface area contributed by atoms with Gasteiger partial charge in [0.1, 0.15) is 11.4 Å². The average molecular weight is 284 g/mol. The van der Waals surface area contributed by atoms with E-state index in [-0.39, 0.29) is 36.0 Å². The van der Waals surface area contributed by atoms with E-state index in [1.165, 1.54) is 23.1 Å². The van der Waals surface area contributed by atoms with Crippen molar-refractivity contribution in [2.45, 2.75) is 0 Å². The number of sulfone groups is 1. The summed E-state index contributed by atoms with van der Waals surface area (Å²) in [5.74, 6) is -1.80. The normalized spacial score (nSPS) is 18.0. The first kappa shape index (κ1) is 13.5. The van der Waals surface area contributed by atoms with E-state index in [4.69, 9.17) is 5.11 Å². The number of nitrogens with zero attached hydrogens (tertiary/aromatic N) is 2. The molecule has 0 atom stereocenters. The zero-order chi connectivity index (χ0) is 14.0. The van der Waals surface area contributed by atoms with Crippen LogP contribution in [-0.4, -0.2) is 59.9 Å². The number of carboxylic acid groups (broad SMARTS) is 1. The fourth-order valence-electron chi connectivity index (χ4n) is 1.75. The maximum Gasteiger partial charge on any atom is 0.354 e. The quantitative estimate of drug-likeness (QED) is 0.796. The molecule has 102 valence electrons. The predicted molar refractivity (Wildman–Crippen MR) is 65.8 cm³/mol. The van der Waals surface area contributed by atoms with E-state index in [1.807, 2.05) is 0 Å². The molecule has 1 aliphatic heterocycles. The molecular weight excluding hydrogens is 272 g/mol. The number of aromatic carboxylic acids is 1. The van der Waals surface area contributed by atoms with Gasteiger partial charge in [-0.15, -0.1) is 0 Å². The van der Waals surface area contributed by atoms with Crippen LogP contribution >= 0.6 is 0 Å². The standard InChI is InChI=1S/C11H12N2O5S/c14-10(13-4-6-19(17,18)7-5-13)8-2-1-3-9(12-8)11(15)16/h1-3H,4-7H2,(H,15,16). The first-order valence-electron chi connectivity index (χ1n) is 5.59. The zero-order valence-corrected chi connectivity index (χ0v) is 10.8. The lowest BCUT2D eigenvalue weighted by atomic mass is 10.2. The average Bonchev–Trinajstić information content (AvgIpc) is 2.38. The maximum absolute atomic E-state index is 12.1. The van der Waals surface area contributed by atoms with Gasteiger partial charge in [-0.25, -0.2) is 18.2 Å². The van der Waals surface area contributed by atoms with Crippen LogP contribution in [0, 0.1) is 0 Å². The summed E-state index contributed by atoms with van der Waals surface area (Å²) in [6.07, 6.45) is 0. The lowest BCUT2D eigenvalue weighted by Gasteiger charge is -2.26. The molecular formula is C11H12N2O5S. The van der Waals surface area contributed by atoms with Gasteiger partial charge in [-0.1, -0.05) is 6.07 Å². The molecule has 0 bridgehead atoms. The van der Waals surface area contributed by atoms with E-state index in [0.717, 1.165) is 0 Å². The summed E-state index contributed by atoms with van der Waals surface area (Å²) in [7, 11) is -3.06. The van der Waals surface area contributed by atoms with Gasteiger partial charge in [0.25, 0.3) is 5.91 Å². The highest BCUT2D eigenvalue weighted by Gasteiger charge is 2.26. The van der Waals surface area contributed by atoms with Crippen LogP contribution in [0.4, 0.5) is 0 Å². The summed E-state index contributed by atoms with van der Waals surface area (Å²) in [5, 5.41) is 8.80. The van der Waals surface area contributed by atoms with E-state index in [0.29, 0.717) is 0 Å². The van der Waals surface area contributed by atoms with Crippen LogP contribution < -0.4 is 0 Å². The molecule has 1 aromatic heterocycles. The third-order valence-electron chi connectivity index (χ3n) is 2.82. The van der Waals surface area contributed by atoms with Gasteiger partial charge >= 0.3 is 5.97 Å². The van der Waals surface area contributed by atoms with E-state index < -0.39 is 21.7 Å². The second-order valence-corrected chi connectivity index (χ2v) is 6.46. The van der Waals surface area contributed by atoms with Crippen LogP contribution in [0.25, 0.3) is 0 Å². The number of pyridine rings is 1. The monoisotopic (exact) mass is 284 g/mol. The molecule has 0 unspecified atom stereocenters. The lowest BCUT2D eigenvalue weighted by Crippen LogP contribution is -2.44. The predicted octanol–water partition coefficient (Wildman–Crippen LogP) is -0.350. The van der Waals surface area contributed by atoms with Crippen molar-refractivity contribution in [3.63, 3.8) is 0 Å². The molecule has 0 spiro atoms. The highest BCUT2D eigenvalue weighted by molar-refractivity contribution is 7.91. The smallest absolute Gasteiger partial charge is 0.354 e. The third-order valence-corrected chi connectivity index (χ3v) is 4.43. The van der Waals surface area contributed by atoms with Crippen molar-refractivity contribution in [1.82, 2.24) is 9.88 Å². The van der Waals surface area contributed by atoms with Gasteiger partial charge in [0.2, 0.25) is 0 Å². The molecule has 7 nitrogen and oxygen atoms in total. The van der Waals surface area contributed by atoms with Gasteiger partial charge in [-0.2, -0.15) is 0 Å². The van der Waals surface area contributed by atoms with Gasteiger partial charge in [0.05, 0.1) is 11.5 Å². The molecule has 2 heterocycles. The molecule has 0 aliphatic carbocycles. The van der Waals surface area contributed by atoms with Crippen LogP contribution in [0.2, 0.25) is 0 Å². The number of amides is 1. The molecule has 0 saturated carbocycles. The summed E-state index contributed by atoms with van der Waals surface area (Å²) in [6.45, 7) is 0.223. The van der Waals surface area contributed by atoms with Gasteiger partial charge in [0.15, 0.2) is 9.84 Å². The highest BCUT2D eigenvalue weighted by Crippen LogP contribution is 2.09. The molecule has 1 amide bonds. The van der Waals surface area contributed by atoms with Crippen molar-refractivity contribution in [2.75, 3.05) is 24.6 Å². The van der Waals surface area contributed by atoms with Crippen LogP contribution in [-0.2, 0) is 9.84 Å². The first-order valence-corrected chi connectivity index (χ1v) is 7.41. The van der Waals surface area contributed by atoms with E-state index in [2.05, 4.69) is 4.98 Å². The second kappa shape index (κ2) is 4.96. The van der Waals surface area contributed by atoms with Gasteiger partial charge < -0.3 is 10.0 Å². The van der Waals surface area contributed by atoms with Crippen LogP contribution in [0.5, 0.6) is 0 Å². The minimum absolute atomic E-state index is 0.0131. The number of rotatable bonds is 2. The Hall–Kier alpha value is -1.96. The molecule has 1 saturated heterocycles. The Bertz CT molecular complexity index is 612. The van der Waals surface area contributed by atoms with E-state index in [1.54, 1.807) is 0 Å². The van der Waals surface area contributed by atoms with Crippen LogP contribution in [0.1, 0.15) is 21.0 Å². The molecule has 19 heavy (non-hydrogen) atoms. The van der Waals surface area contributed by atoms with Crippen molar-refractivity contribution in [3.8, 4) is 0 Å². The maximum atomic E-state index is 12.1. The Morgan fingerprint density at radius 3 is 2.32 bits per heavy atom. The lowest BCUT2D eigenvalue weighted by molar-refractivity contribution is 0.0690. The fourth-order valence-corrected chi connectivity index (χ4v) is 2.95. The summed E-state index contributed by atoms with van der Waals surface area (Å²) >= 11 is 0. The summed E-state index contributed by atoms with van der Waals surface area (Å²) in [5.41, 5.74) is -0.199. The molecule has 0 aromatic carbocycles. The Labute approximate surface area is 109 Å². The Balaban J connectivity index is 2.16. The summed E-state index contributed by atoms with van der Waals surface area (Å²) in [6, 6.07) is 4.14. The van der Waals surface area contributed by atoms with Gasteiger partial charge in [-0.05, 0) is 12.1 Å². The molecule has 1 fully saturated rings. The number of hydrogen-bond donors (Lipinski definition) is 1. The molecule has 1 aliphatic rings. The third kappa shape index (κ3) is 3.08. The number of carbonyl (C=O) groups excluding carboxylic acids is 1. The van der Waals surface area contributed by atoms with Crippen molar-refractivity contribution >= 4 is 21.7 Å². The van der Waals surface area contributed by atoms with E-state index in [9.17, 15) is 18.0 Å². The zero-order valence-electron chi connectivity index (χ0n) is 9.94. The number of carboxylic acids is 1. The highest BCUT2D eigenvalue weighted by atomic mass is 32.2. The largest absolute Gasteiger partial charge is 0.477 e. The first-order chi connectivity index (χ1) is 8.89. The molecule has 2 rings (SSSR count). The van der Waals surface area contributed by atoms with Crippen LogP contribution in [0.15, 0.2) is 18.2 Å². The van der Waals surface area contributed by atoms with Crippen molar-refractivity contribution in [1.29, 1.82) is 0 Å². The number of hydrogen-bond acceptors (Lipinski definition) is 5. The molecule has 8 heteroatoms. The minimum Gasteiger partial charge on any atom is -0.477 e. The van der Waals surface area contributed by atoms with Crippen LogP contribution in [0.3, 0.4) is 0 Å².